The molecule has 25 heavy (non-hydrogen) atoms. The van der Waals surface area contributed by atoms with Crippen molar-refractivity contribution < 1.29 is 9.53 Å². The molecule has 136 valence electrons. The van der Waals surface area contributed by atoms with Crippen molar-refractivity contribution in [1.82, 2.24) is 14.9 Å². The highest BCUT2D eigenvalue weighted by atomic mass is 32.1. The van der Waals surface area contributed by atoms with E-state index in [0.29, 0.717) is 19.0 Å². The highest BCUT2D eigenvalue weighted by molar-refractivity contribution is 7.18. The Kier molecular flexibility index (Phi) is 6.02. The first-order valence-corrected chi connectivity index (χ1v) is 9.97. The molecule has 5 nitrogen and oxygen atoms in total. The van der Waals surface area contributed by atoms with E-state index in [0.717, 1.165) is 21.7 Å². The molecule has 0 bridgehead atoms. The third-order valence-electron chi connectivity index (χ3n) is 4.95. The standard InChI is InChI=1S/C19H27N3O2S/c1-4-22(18(23)12-24-3)11-16-15-10-17(14-8-6-5-7-9-14)25-19(15)21-13(2)20-16/h10,14H,4-9,11-12H2,1-3H3. The number of aryl methyl sites for hydroxylation is 1. The molecule has 0 spiro atoms. The zero-order valence-corrected chi connectivity index (χ0v) is 16.2. The Balaban J connectivity index is 1.91. The molecule has 3 rings (SSSR count). The Morgan fingerprint density at radius 1 is 1.32 bits per heavy atom. The van der Waals surface area contributed by atoms with E-state index in [1.807, 2.05) is 13.8 Å². The molecular weight excluding hydrogens is 334 g/mol. The van der Waals surface area contributed by atoms with Gasteiger partial charge in [-0.3, -0.25) is 4.79 Å². The molecule has 2 aromatic rings. The van der Waals surface area contributed by atoms with E-state index in [1.54, 1.807) is 23.3 Å². The van der Waals surface area contributed by atoms with Crippen LogP contribution in [0.3, 0.4) is 0 Å². The SMILES string of the molecule is CCN(Cc1nc(C)nc2sc(C3CCCCC3)cc12)C(=O)COC. The molecule has 0 aliphatic heterocycles. The number of rotatable bonds is 6. The Morgan fingerprint density at radius 2 is 2.08 bits per heavy atom. The topological polar surface area (TPSA) is 55.3 Å². The Morgan fingerprint density at radius 3 is 2.76 bits per heavy atom. The number of hydrogen-bond acceptors (Lipinski definition) is 5. The number of carbonyl (C=O) groups excluding carboxylic acids is 1. The highest BCUT2D eigenvalue weighted by Gasteiger charge is 2.21. The van der Waals surface area contributed by atoms with Crippen LogP contribution in [0.25, 0.3) is 10.2 Å². The Labute approximate surface area is 153 Å². The van der Waals surface area contributed by atoms with Gasteiger partial charge in [-0.15, -0.1) is 11.3 Å². The van der Waals surface area contributed by atoms with Gasteiger partial charge < -0.3 is 9.64 Å². The molecule has 0 saturated heterocycles. The third-order valence-corrected chi connectivity index (χ3v) is 6.14. The Hall–Kier alpha value is -1.53. The van der Waals surface area contributed by atoms with Gasteiger partial charge in [-0.1, -0.05) is 19.3 Å². The molecule has 0 atom stereocenters. The summed E-state index contributed by atoms with van der Waals surface area (Å²) in [5, 5.41) is 1.11. The predicted octanol–water partition coefficient (Wildman–Crippen LogP) is 4.04. The van der Waals surface area contributed by atoms with Gasteiger partial charge >= 0.3 is 0 Å². The first-order valence-electron chi connectivity index (χ1n) is 9.16. The van der Waals surface area contributed by atoms with Crippen molar-refractivity contribution in [1.29, 1.82) is 0 Å². The summed E-state index contributed by atoms with van der Waals surface area (Å²) in [7, 11) is 1.55. The number of nitrogens with zero attached hydrogens (tertiary/aromatic N) is 3. The molecule has 1 saturated carbocycles. The minimum atomic E-state index is -0.00264. The summed E-state index contributed by atoms with van der Waals surface area (Å²) >= 11 is 1.81. The molecule has 1 aliphatic rings. The second kappa shape index (κ2) is 8.23. The van der Waals surface area contributed by atoms with Gasteiger partial charge in [0.05, 0.1) is 12.2 Å². The van der Waals surface area contributed by atoms with Crippen LogP contribution in [0.5, 0.6) is 0 Å². The Bertz CT molecular complexity index is 738. The molecule has 0 N–H and O–H groups in total. The van der Waals surface area contributed by atoms with Crippen LogP contribution in [-0.2, 0) is 16.1 Å². The minimum Gasteiger partial charge on any atom is -0.375 e. The minimum absolute atomic E-state index is 0.00264. The second-order valence-electron chi connectivity index (χ2n) is 6.76. The van der Waals surface area contributed by atoms with Crippen LogP contribution in [0.4, 0.5) is 0 Å². The summed E-state index contributed by atoms with van der Waals surface area (Å²) in [5.41, 5.74) is 0.951. The number of amides is 1. The van der Waals surface area contributed by atoms with Crippen molar-refractivity contribution >= 4 is 27.5 Å². The molecule has 0 unspecified atom stereocenters. The molecule has 6 heteroatoms. The van der Waals surface area contributed by atoms with Gasteiger partial charge in [-0.25, -0.2) is 9.97 Å². The summed E-state index contributed by atoms with van der Waals surface area (Å²) < 4.78 is 5.00. The van der Waals surface area contributed by atoms with E-state index in [1.165, 1.54) is 37.0 Å². The van der Waals surface area contributed by atoms with Crippen LogP contribution in [-0.4, -0.2) is 41.0 Å². The van der Waals surface area contributed by atoms with E-state index in [9.17, 15) is 4.79 Å². The lowest BCUT2D eigenvalue weighted by molar-refractivity contribution is -0.135. The zero-order valence-electron chi connectivity index (χ0n) is 15.4. The average Bonchev–Trinajstić information content (AvgIpc) is 3.04. The maximum Gasteiger partial charge on any atom is 0.248 e. The summed E-state index contributed by atoms with van der Waals surface area (Å²) in [4.78, 5) is 25.8. The summed E-state index contributed by atoms with van der Waals surface area (Å²) in [6.07, 6.45) is 6.57. The largest absolute Gasteiger partial charge is 0.375 e. The van der Waals surface area contributed by atoms with Crippen LogP contribution in [0.15, 0.2) is 6.07 Å². The predicted molar refractivity (Wildman–Crippen MR) is 101 cm³/mol. The first kappa shape index (κ1) is 18.3. The van der Waals surface area contributed by atoms with E-state index >= 15 is 0 Å². The van der Waals surface area contributed by atoms with Crippen molar-refractivity contribution in [3.05, 3.63) is 22.5 Å². The van der Waals surface area contributed by atoms with Crippen LogP contribution >= 0.6 is 11.3 Å². The lowest BCUT2D eigenvalue weighted by Gasteiger charge is -2.20. The molecule has 1 amide bonds. The van der Waals surface area contributed by atoms with Crippen molar-refractivity contribution in [2.75, 3.05) is 20.3 Å². The van der Waals surface area contributed by atoms with Crippen molar-refractivity contribution in [2.24, 2.45) is 0 Å². The van der Waals surface area contributed by atoms with Gasteiger partial charge in [-0.05, 0) is 38.7 Å². The van der Waals surface area contributed by atoms with Gasteiger partial charge in [0.1, 0.15) is 17.3 Å². The molecule has 0 aromatic carbocycles. The van der Waals surface area contributed by atoms with E-state index in [2.05, 4.69) is 16.0 Å². The number of hydrogen-bond donors (Lipinski definition) is 0. The molecule has 1 fully saturated rings. The highest BCUT2D eigenvalue weighted by Crippen LogP contribution is 2.39. The van der Waals surface area contributed by atoms with Crippen LogP contribution in [0.2, 0.25) is 0 Å². The second-order valence-corrected chi connectivity index (χ2v) is 7.82. The fraction of sp³-hybridized carbons (Fsp3) is 0.632. The molecule has 1 aliphatic carbocycles. The lowest BCUT2D eigenvalue weighted by Crippen LogP contribution is -2.33. The molecular formula is C19H27N3O2S. The summed E-state index contributed by atoms with van der Waals surface area (Å²) in [5.74, 6) is 1.44. The zero-order chi connectivity index (χ0) is 17.8. The first-order chi connectivity index (χ1) is 12.1. The van der Waals surface area contributed by atoms with Crippen molar-refractivity contribution in [2.45, 2.75) is 58.4 Å². The summed E-state index contributed by atoms with van der Waals surface area (Å²) in [6, 6.07) is 2.28. The molecule has 2 heterocycles. The van der Waals surface area contributed by atoms with Gasteiger partial charge in [0, 0.05) is 23.9 Å². The van der Waals surface area contributed by atoms with Gasteiger partial charge in [0.15, 0.2) is 0 Å². The number of ether oxygens (including phenoxy) is 1. The van der Waals surface area contributed by atoms with E-state index in [4.69, 9.17) is 4.74 Å². The molecule has 2 aromatic heterocycles. The number of thiophene rings is 1. The fourth-order valence-electron chi connectivity index (χ4n) is 3.60. The van der Waals surface area contributed by atoms with E-state index < -0.39 is 0 Å². The van der Waals surface area contributed by atoms with E-state index in [-0.39, 0.29) is 12.5 Å². The van der Waals surface area contributed by atoms with Gasteiger partial charge in [0.25, 0.3) is 0 Å². The van der Waals surface area contributed by atoms with Crippen LogP contribution in [0, 0.1) is 6.92 Å². The smallest absolute Gasteiger partial charge is 0.248 e. The normalized spacial score (nSPS) is 15.6. The number of fused-ring (bicyclic) bond motifs is 1. The monoisotopic (exact) mass is 361 g/mol. The van der Waals surface area contributed by atoms with Crippen LogP contribution in [0.1, 0.15) is 61.3 Å². The maximum atomic E-state index is 12.2. The van der Waals surface area contributed by atoms with Crippen molar-refractivity contribution in [3.8, 4) is 0 Å². The number of methoxy groups -OCH3 is 1. The van der Waals surface area contributed by atoms with Gasteiger partial charge in [-0.2, -0.15) is 0 Å². The average molecular weight is 362 g/mol. The quantitative estimate of drug-likeness (QED) is 0.779. The fourth-order valence-corrected chi connectivity index (χ4v) is 4.86. The summed E-state index contributed by atoms with van der Waals surface area (Å²) in [6.45, 7) is 5.18. The molecule has 0 radical (unpaired) electrons. The number of aromatic nitrogens is 2. The van der Waals surface area contributed by atoms with Gasteiger partial charge in [0.2, 0.25) is 5.91 Å². The third kappa shape index (κ3) is 4.18. The lowest BCUT2D eigenvalue weighted by atomic mass is 9.88. The number of carbonyl (C=O) groups is 1. The van der Waals surface area contributed by atoms with Crippen molar-refractivity contribution in [3.63, 3.8) is 0 Å². The maximum absolute atomic E-state index is 12.2. The number of likely N-dealkylation sites (N-methyl/N-ethyl adjacent to an activating group) is 1. The van der Waals surface area contributed by atoms with Crippen LogP contribution < -0.4 is 0 Å².